The Balaban J connectivity index is 2.32. The maximum Gasteiger partial charge on any atom is 0.0878 e. The monoisotopic (exact) mass is 259 g/mol. The lowest BCUT2D eigenvalue weighted by atomic mass is 10.0. The number of rotatable bonds is 5. The number of hydrazine groups is 1. The van der Waals surface area contributed by atoms with Crippen LogP contribution in [0.15, 0.2) is 36.5 Å². The quantitative estimate of drug-likeness (QED) is 0.631. The summed E-state index contributed by atoms with van der Waals surface area (Å²) in [5.41, 5.74) is 6.24. The van der Waals surface area contributed by atoms with E-state index in [1.807, 2.05) is 24.8 Å². The van der Waals surface area contributed by atoms with Crippen molar-refractivity contribution in [1.29, 1.82) is 0 Å². The molecule has 0 bridgehead atoms. The summed E-state index contributed by atoms with van der Waals surface area (Å²) in [5.74, 6) is 5.72. The van der Waals surface area contributed by atoms with Gasteiger partial charge in [-0.3, -0.25) is 10.5 Å². The van der Waals surface area contributed by atoms with Gasteiger partial charge >= 0.3 is 0 Å². The second kappa shape index (κ2) is 5.86. The third kappa shape index (κ3) is 2.77. The standard InChI is InChI=1S/C14H21N5/c1-4-19-13(9-10-16-19)14(17-15)11-5-7-12(8-6-11)18(2)3/h5-10,14,17H,4,15H2,1-3H3. The zero-order valence-electron chi connectivity index (χ0n) is 11.7. The van der Waals surface area contributed by atoms with Gasteiger partial charge in [-0.05, 0) is 30.7 Å². The molecule has 1 aromatic heterocycles. The molecule has 1 atom stereocenters. The molecule has 0 aliphatic carbocycles. The summed E-state index contributed by atoms with van der Waals surface area (Å²) in [5, 5.41) is 4.29. The predicted molar refractivity (Wildman–Crippen MR) is 77.8 cm³/mol. The Morgan fingerprint density at radius 2 is 1.95 bits per heavy atom. The van der Waals surface area contributed by atoms with Gasteiger partial charge < -0.3 is 4.90 Å². The SMILES string of the molecule is CCn1nccc1C(NN)c1ccc(N(C)C)cc1. The van der Waals surface area contributed by atoms with E-state index < -0.39 is 0 Å². The molecule has 2 aromatic rings. The molecule has 2 rings (SSSR count). The van der Waals surface area contributed by atoms with Crippen molar-refractivity contribution in [3.05, 3.63) is 47.8 Å². The smallest absolute Gasteiger partial charge is 0.0878 e. The van der Waals surface area contributed by atoms with E-state index >= 15 is 0 Å². The number of aromatic nitrogens is 2. The fourth-order valence-electron chi connectivity index (χ4n) is 2.17. The molecule has 3 N–H and O–H groups in total. The minimum atomic E-state index is -0.0429. The second-order valence-corrected chi connectivity index (χ2v) is 4.66. The molecule has 0 radical (unpaired) electrons. The van der Waals surface area contributed by atoms with Gasteiger partial charge in [0.2, 0.25) is 0 Å². The van der Waals surface area contributed by atoms with E-state index in [1.54, 1.807) is 6.20 Å². The van der Waals surface area contributed by atoms with Crippen molar-refractivity contribution in [1.82, 2.24) is 15.2 Å². The van der Waals surface area contributed by atoms with E-state index in [9.17, 15) is 0 Å². The van der Waals surface area contributed by atoms with Crippen LogP contribution in [0, 0.1) is 0 Å². The summed E-state index contributed by atoms with van der Waals surface area (Å²) < 4.78 is 1.95. The molecule has 5 heteroatoms. The molecule has 0 saturated carbocycles. The lowest BCUT2D eigenvalue weighted by Crippen LogP contribution is -2.30. The first-order valence-corrected chi connectivity index (χ1v) is 6.42. The lowest BCUT2D eigenvalue weighted by molar-refractivity contribution is 0.543. The molecule has 0 saturated heterocycles. The van der Waals surface area contributed by atoms with Gasteiger partial charge in [-0.15, -0.1) is 0 Å². The third-order valence-corrected chi connectivity index (χ3v) is 3.25. The van der Waals surface area contributed by atoms with Crippen LogP contribution in [0.2, 0.25) is 0 Å². The summed E-state index contributed by atoms with van der Waals surface area (Å²) in [7, 11) is 4.06. The van der Waals surface area contributed by atoms with Crippen molar-refractivity contribution < 1.29 is 0 Å². The van der Waals surface area contributed by atoms with E-state index in [2.05, 4.69) is 46.6 Å². The Morgan fingerprint density at radius 3 is 2.47 bits per heavy atom. The first kappa shape index (κ1) is 13.6. The summed E-state index contributed by atoms with van der Waals surface area (Å²) in [6, 6.07) is 10.3. The summed E-state index contributed by atoms with van der Waals surface area (Å²) in [6.07, 6.45) is 1.80. The first-order chi connectivity index (χ1) is 9.17. The molecule has 1 unspecified atom stereocenters. The zero-order valence-corrected chi connectivity index (χ0v) is 11.7. The van der Waals surface area contributed by atoms with Crippen LogP contribution in [0.1, 0.15) is 24.2 Å². The van der Waals surface area contributed by atoms with Gasteiger partial charge in [0.05, 0.1) is 11.7 Å². The van der Waals surface area contributed by atoms with Crippen molar-refractivity contribution >= 4 is 5.69 Å². The molecule has 0 fully saturated rings. The molecule has 1 heterocycles. The number of hydrogen-bond donors (Lipinski definition) is 2. The minimum Gasteiger partial charge on any atom is -0.378 e. The van der Waals surface area contributed by atoms with E-state index in [0.717, 1.165) is 17.8 Å². The Hall–Kier alpha value is -1.85. The van der Waals surface area contributed by atoms with Crippen molar-refractivity contribution in [2.24, 2.45) is 5.84 Å². The highest BCUT2D eigenvalue weighted by molar-refractivity contribution is 5.47. The zero-order chi connectivity index (χ0) is 13.8. The number of anilines is 1. The molecule has 0 amide bonds. The number of nitrogens with zero attached hydrogens (tertiary/aromatic N) is 3. The van der Waals surface area contributed by atoms with Crippen LogP contribution in [0.25, 0.3) is 0 Å². The third-order valence-electron chi connectivity index (χ3n) is 3.25. The van der Waals surface area contributed by atoms with Crippen LogP contribution in [-0.2, 0) is 6.54 Å². The average Bonchev–Trinajstić information content (AvgIpc) is 2.88. The fourth-order valence-corrected chi connectivity index (χ4v) is 2.17. The molecular formula is C14H21N5. The maximum atomic E-state index is 5.72. The van der Waals surface area contributed by atoms with E-state index in [-0.39, 0.29) is 6.04 Å². The number of nitrogens with two attached hydrogens (primary N) is 1. The van der Waals surface area contributed by atoms with E-state index in [0.29, 0.717) is 0 Å². The van der Waals surface area contributed by atoms with Gasteiger partial charge in [0.15, 0.2) is 0 Å². The van der Waals surface area contributed by atoms with Crippen LogP contribution in [0.4, 0.5) is 5.69 Å². The molecule has 19 heavy (non-hydrogen) atoms. The molecule has 0 aliphatic rings. The first-order valence-electron chi connectivity index (χ1n) is 6.42. The van der Waals surface area contributed by atoms with Crippen LogP contribution >= 0.6 is 0 Å². The van der Waals surface area contributed by atoms with Gasteiger partial charge in [0.1, 0.15) is 0 Å². The molecule has 102 valence electrons. The van der Waals surface area contributed by atoms with Crippen LogP contribution in [-0.4, -0.2) is 23.9 Å². The minimum absolute atomic E-state index is 0.0429. The second-order valence-electron chi connectivity index (χ2n) is 4.66. The Morgan fingerprint density at radius 1 is 1.26 bits per heavy atom. The van der Waals surface area contributed by atoms with Crippen LogP contribution in [0.5, 0.6) is 0 Å². The van der Waals surface area contributed by atoms with Gasteiger partial charge in [0, 0.05) is 32.5 Å². The highest BCUT2D eigenvalue weighted by Crippen LogP contribution is 2.23. The molecule has 0 aliphatic heterocycles. The summed E-state index contributed by atoms with van der Waals surface area (Å²) in [4.78, 5) is 2.07. The predicted octanol–water partition coefficient (Wildman–Crippen LogP) is 1.52. The van der Waals surface area contributed by atoms with Crippen molar-refractivity contribution in [2.45, 2.75) is 19.5 Å². The summed E-state index contributed by atoms with van der Waals surface area (Å²) >= 11 is 0. The molecule has 1 aromatic carbocycles. The normalized spacial score (nSPS) is 12.4. The Bertz CT molecular complexity index is 515. The van der Waals surface area contributed by atoms with Crippen LogP contribution in [0.3, 0.4) is 0 Å². The average molecular weight is 259 g/mol. The maximum absolute atomic E-state index is 5.72. The van der Waals surface area contributed by atoms with E-state index in [1.165, 1.54) is 5.69 Å². The largest absolute Gasteiger partial charge is 0.378 e. The molecule has 0 spiro atoms. The van der Waals surface area contributed by atoms with Crippen molar-refractivity contribution in [3.63, 3.8) is 0 Å². The number of aryl methyl sites for hydroxylation is 1. The highest BCUT2D eigenvalue weighted by Gasteiger charge is 2.16. The number of benzene rings is 1. The van der Waals surface area contributed by atoms with Crippen LogP contribution < -0.4 is 16.2 Å². The van der Waals surface area contributed by atoms with Gasteiger partial charge in [-0.2, -0.15) is 5.10 Å². The molecule has 5 nitrogen and oxygen atoms in total. The highest BCUT2D eigenvalue weighted by atomic mass is 15.3. The molecular weight excluding hydrogens is 238 g/mol. The van der Waals surface area contributed by atoms with Gasteiger partial charge in [-0.25, -0.2) is 5.43 Å². The Kier molecular flexibility index (Phi) is 4.19. The van der Waals surface area contributed by atoms with Gasteiger partial charge in [-0.1, -0.05) is 12.1 Å². The fraction of sp³-hybridized carbons (Fsp3) is 0.357. The summed E-state index contributed by atoms with van der Waals surface area (Å²) in [6.45, 7) is 2.90. The van der Waals surface area contributed by atoms with Crippen molar-refractivity contribution in [3.8, 4) is 0 Å². The topological polar surface area (TPSA) is 59.1 Å². The number of hydrogen-bond acceptors (Lipinski definition) is 4. The lowest BCUT2D eigenvalue weighted by Gasteiger charge is -2.19. The van der Waals surface area contributed by atoms with Crippen molar-refractivity contribution in [2.75, 3.05) is 19.0 Å². The Labute approximate surface area is 114 Å². The van der Waals surface area contributed by atoms with Gasteiger partial charge in [0.25, 0.3) is 0 Å². The van der Waals surface area contributed by atoms with E-state index in [4.69, 9.17) is 5.84 Å². The number of nitrogens with one attached hydrogen (secondary N) is 1.